The van der Waals surface area contributed by atoms with E-state index < -0.39 is 0 Å². The Bertz CT molecular complexity index is 484. The molecule has 0 amide bonds. The molecule has 0 saturated heterocycles. The van der Waals surface area contributed by atoms with E-state index >= 15 is 0 Å². The van der Waals surface area contributed by atoms with Crippen molar-refractivity contribution in [1.82, 2.24) is 20.3 Å². The van der Waals surface area contributed by atoms with Crippen LogP contribution in [-0.4, -0.2) is 21.5 Å². The molecular formula is C14H18N4. The Kier molecular flexibility index (Phi) is 4.36. The maximum absolute atomic E-state index is 4.49. The number of rotatable bonds is 5. The molecule has 18 heavy (non-hydrogen) atoms. The largest absolute Gasteiger partial charge is 0.309 e. The quantitative estimate of drug-likeness (QED) is 0.872. The van der Waals surface area contributed by atoms with Gasteiger partial charge in [0, 0.05) is 24.5 Å². The molecular weight excluding hydrogens is 224 g/mol. The molecule has 0 fully saturated rings. The van der Waals surface area contributed by atoms with E-state index in [1.54, 1.807) is 6.20 Å². The van der Waals surface area contributed by atoms with Gasteiger partial charge >= 0.3 is 0 Å². The van der Waals surface area contributed by atoms with E-state index in [-0.39, 0.29) is 6.04 Å². The van der Waals surface area contributed by atoms with Crippen molar-refractivity contribution < 1.29 is 0 Å². The van der Waals surface area contributed by atoms with Crippen molar-refractivity contribution in [2.75, 3.05) is 6.54 Å². The molecule has 2 aromatic heterocycles. The molecule has 0 bridgehead atoms. The lowest BCUT2D eigenvalue weighted by atomic mass is 10.1. The maximum atomic E-state index is 4.49. The second-order valence-corrected chi connectivity index (χ2v) is 4.16. The topological polar surface area (TPSA) is 50.7 Å². The minimum absolute atomic E-state index is 0.187. The number of aryl methyl sites for hydroxylation is 1. The third kappa shape index (κ3) is 3.34. The molecule has 2 heterocycles. The summed E-state index contributed by atoms with van der Waals surface area (Å²) < 4.78 is 0. The number of pyridine rings is 1. The van der Waals surface area contributed by atoms with Crippen LogP contribution in [0, 0.1) is 6.92 Å². The van der Waals surface area contributed by atoms with Crippen molar-refractivity contribution in [3.63, 3.8) is 0 Å². The highest BCUT2D eigenvalue weighted by Crippen LogP contribution is 2.15. The lowest BCUT2D eigenvalue weighted by molar-refractivity contribution is 0.528. The minimum Gasteiger partial charge on any atom is -0.309 e. The van der Waals surface area contributed by atoms with E-state index in [4.69, 9.17) is 0 Å². The summed E-state index contributed by atoms with van der Waals surface area (Å²) in [5.74, 6) is 0.802. The molecule has 0 aliphatic carbocycles. The third-order valence-corrected chi connectivity index (χ3v) is 2.74. The third-order valence-electron chi connectivity index (χ3n) is 2.74. The van der Waals surface area contributed by atoms with E-state index in [9.17, 15) is 0 Å². The maximum Gasteiger partial charge on any atom is 0.125 e. The van der Waals surface area contributed by atoms with Crippen molar-refractivity contribution >= 4 is 0 Å². The first-order valence-corrected chi connectivity index (χ1v) is 6.22. The van der Waals surface area contributed by atoms with Crippen molar-refractivity contribution in [3.8, 4) is 0 Å². The van der Waals surface area contributed by atoms with Crippen molar-refractivity contribution in [2.24, 2.45) is 0 Å². The SMILES string of the molecule is CCNC(Cc1ccccn1)c1ccnc(C)n1. The van der Waals surface area contributed by atoms with E-state index in [0.29, 0.717) is 0 Å². The van der Waals surface area contributed by atoms with E-state index in [2.05, 4.69) is 27.2 Å². The molecule has 94 valence electrons. The van der Waals surface area contributed by atoms with Crippen LogP contribution < -0.4 is 5.32 Å². The highest BCUT2D eigenvalue weighted by molar-refractivity contribution is 5.13. The highest BCUT2D eigenvalue weighted by Gasteiger charge is 2.13. The van der Waals surface area contributed by atoms with Gasteiger partial charge in [-0.05, 0) is 31.7 Å². The lowest BCUT2D eigenvalue weighted by Crippen LogP contribution is -2.24. The molecule has 1 N–H and O–H groups in total. The number of hydrogen-bond donors (Lipinski definition) is 1. The van der Waals surface area contributed by atoms with Crippen LogP contribution in [0.2, 0.25) is 0 Å². The molecule has 1 atom stereocenters. The summed E-state index contributed by atoms with van der Waals surface area (Å²) in [6.45, 7) is 4.91. The number of nitrogens with one attached hydrogen (secondary N) is 1. The minimum atomic E-state index is 0.187. The molecule has 0 aromatic carbocycles. The van der Waals surface area contributed by atoms with Crippen LogP contribution in [-0.2, 0) is 6.42 Å². The van der Waals surface area contributed by atoms with Gasteiger partial charge in [0.1, 0.15) is 5.82 Å². The van der Waals surface area contributed by atoms with Crippen molar-refractivity contribution in [3.05, 3.63) is 53.9 Å². The van der Waals surface area contributed by atoms with Gasteiger partial charge in [0.15, 0.2) is 0 Å². The Morgan fingerprint density at radius 1 is 1.17 bits per heavy atom. The Labute approximate surface area is 108 Å². The van der Waals surface area contributed by atoms with Gasteiger partial charge in [-0.3, -0.25) is 4.98 Å². The van der Waals surface area contributed by atoms with E-state index in [0.717, 1.165) is 30.2 Å². The second-order valence-electron chi connectivity index (χ2n) is 4.16. The number of aromatic nitrogens is 3. The first-order chi connectivity index (χ1) is 8.79. The average molecular weight is 242 g/mol. The number of hydrogen-bond acceptors (Lipinski definition) is 4. The van der Waals surface area contributed by atoms with E-state index in [1.807, 2.05) is 37.4 Å². The molecule has 0 saturated carbocycles. The lowest BCUT2D eigenvalue weighted by Gasteiger charge is -2.17. The zero-order valence-corrected chi connectivity index (χ0v) is 10.8. The Hall–Kier alpha value is -1.81. The molecule has 2 rings (SSSR count). The normalized spacial score (nSPS) is 12.3. The fourth-order valence-electron chi connectivity index (χ4n) is 1.92. The average Bonchev–Trinajstić information content (AvgIpc) is 2.39. The molecule has 1 unspecified atom stereocenters. The molecule has 0 radical (unpaired) electrons. The van der Waals surface area contributed by atoms with Crippen LogP contribution in [0.5, 0.6) is 0 Å². The summed E-state index contributed by atoms with van der Waals surface area (Å²) in [5.41, 5.74) is 2.09. The first-order valence-electron chi connectivity index (χ1n) is 6.22. The number of likely N-dealkylation sites (N-methyl/N-ethyl adjacent to an activating group) is 1. The van der Waals surface area contributed by atoms with Crippen LogP contribution >= 0.6 is 0 Å². The zero-order valence-electron chi connectivity index (χ0n) is 10.8. The predicted octanol–water partition coefficient (Wildman–Crippen LogP) is 2.07. The Balaban J connectivity index is 2.18. The Morgan fingerprint density at radius 2 is 2.06 bits per heavy atom. The second kappa shape index (κ2) is 6.21. The van der Waals surface area contributed by atoms with Crippen LogP contribution in [0.4, 0.5) is 0 Å². The Morgan fingerprint density at radius 3 is 2.72 bits per heavy atom. The fraction of sp³-hybridized carbons (Fsp3) is 0.357. The van der Waals surface area contributed by atoms with Gasteiger partial charge in [-0.1, -0.05) is 13.0 Å². The van der Waals surface area contributed by atoms with Gasteiger partial charge in [-0.15, -0.1) is 0 Å². The van der Waals surface area contributed by atoms with Crippen LogP contribution in [0.1, 0.15) is 30.2 Å². The van der Waals surface area contributed by atoms with Crippen molar-refractivity contribution in [1.29, 1.82) is 0 Å². The summed E-state index contributed by atoms with van der Waals surface area (Å²) in [6.07, 6.45) is 4.47. The standard InChI is InChI=1S/C14H18N4/c1-3-15-14(10-12-6-4-5-8-17-12)13-7-9-16-11(2)18-13/h4-9,14-15H,3,10H2,1-2H3. The predicted molar refractivity (Wildman–Crippen MR) is 71.1 cm³/mol. The fourth-order valence-corrected chi connectivity index (χ4v) is 1.92. The van der Waals surface area contributed by atoms with Gasteiger partial charge in [0.05, 0.1) is 11.7 Å². The van der Waals surface area contributed by atoms with Gasteiger partial charge in [-0.25, -0.2) is 9.97 Å². The smallest absolute Gasteiger partial charge is 0.125 e. The zero-order chi connectivity index (χ0) is 12.8. The van der Waals surface area contributed by atoms with E-state index in [1.165, 1.54) is 0 Å². The monoisotopic (exact) mass is 242 g/mol. The first kappa shape index (κ1) is 12.6. The highest BCUT2D eigenvalue weighted by atomic mass is 15.0. The number of nitrogens with zero attached hydrogens (tertiary/aromatic N) is 3. The molecule has 0 aliphatic rings. The van der Waals surface area contributed by atoms with Crippen LogP contribution in [0.3, 0.4) is 0 Å². The van der Waals surface area contributed by atoms with Crippen molar-refractivity contribution in [2.45, 2.75) is 26.3 Å². The van der Waals surface area contributed by atoms with Crippen LogP contribution in [0.25, 0.3) is 0 Å². The summed E-state index contributed by atoms with van der Waals surface area (Å²) in [4.78, 5) is 13.0. The van der Waals surface area contributed by atoms with Gasteiger partial charge in [0.2, 0.25) is 0 Å². The van der Waals surface area contributed by atoms with Gasteiger partial charge in [-0.2, -0.15) is 0 Å². The molecule has 2 aromatic rings. The molecule has 4 nitrogen and oxygen atoms in total. The molecule has 4 heteroatoms. The van der Waals surface area contributed by atoms with Gasteiger partial charge < -0.3 is 5.32 Å². The molecule has 0 aliphatic heterocycles. The molecule has 0 spiro atoms. The summed E-state index contributed by atoms with van der Waals surface area (Å²) in [5, 5.41) is 3.44. The van der Waals surface area contributed by atoms with Gasteiger partial charge in [0.25, 0.3) is 0 Å². The summed E-state index contributed by atoms with van der Waals surface area (Å²) >= 11 is 0. The summed E-state index contributed by atoms with van der Waals surface area (Å²) in [7, 11) is 0. The summed E-state index contributed by atoms with van der Waals surface area (Å²) in [6, 6.07) is 8.13. The van der Waals surface area contributed by atoms with Crippen LogP contribution in [0.15, 0.2) is 36.7 Å².